The fourth-order valence-corrected chi connectivity index (χ4v) is 4.35. The van der Waals surface area contributed by atoms with Crippen LogP contribution in [0.1, 0.15) is 5.56 Å². The van der Waals surface area contributed by atoms with E-state index >= 15 is 0 Å². The number of ether oxygens (including phenoxy) is 1. The van der Waals surface area contributed by atoms with Gasteiger partial charge in [0.15, 0.2) is 0 Å². The summed E-state index contributed by atoms with van der Waals surface area (Å²) in [7, 11) is 0. The van der Waals surface area contributed by atoms with Crippen LogP contribution in [0.25, 0.3) is 0 Å². The molecule has 32 heavy (non-hydrogen) atoms. The van der Waals surface area contributed by atoms with Gasteiger partial charge in [0, 0.05) is 45.3 Å². The van der Waals surface area contributed by atoms with Crippen molar-refractivity contribution in [1.82, 2.24) is 9.80 Å². The Hall–Kier alpha value is -2.54. The number of anilines is 1. The number of thioether (sulfide) groups is 1. The minimum absolute atomic E-state index is 0.0365. The molecule has 0 N–H and O–H groups in total. The van der Waals surface area contributed by atoms with E-state index in [-0.39, 0.29) is 55.2 Å². The third-order valence-corrected chi connectivity index (χ3v) is 6.19. The normalized spacial score (nSPS) is 17.4. The zero-order valence-corrected chi connectivity index (χ0v) is 18.0. The van der Waals surface area contributed by atoms with Crippen LogP contribution in [0.15, 0.2) is 18.2 Å². The first-order valence-corrected chi connectivity index (χ1v) is 11.1. The van der Waals surface area contributed by atoms with E-state index in [1.807, 2.05) is 0 Å². The van der Waals surface area contributed by atoms with Crippen molar-refractivity contribution in [2.24, 2.45) is 0 Å². The van der Waals surface area contributed by atoms with Crippen LogP contribution >= 0.6 is 11.8 Å². The third kappa shape index (κ3) is 6.03. The predicted molar refractivity (Wildman–Crippen MR) is 112 cm³/mol. The highest BCUT2D eigenvalue weighted by Gasteiger charge is 2.34. The van der Waals surface area contributed by atoms with E-state index in [9.17, 15) is 32.9 Å². The van der Waals surface area contributed by atoms with Crippen molar-refractivity contribution in [3.05, 3.63) is 33.9 Å². The first-order valence-electron chi connectivity index (χ1n) is 9.98. The fraction of sp³-hybridized carbons (Fsp3) is 0.579. The first-order chi connectivity index (χ1) is 15.2. The van der Waals surface area contributed by atoms with Crippen LogP contribution in [-0.4, -0.2) is 90.5 Å². The zero-order chi connectivity index (χ0) is 23.3. The number of rotatable bonds is 6. The van der Waals surface area contributed by atoms with Crippen molar-refractivity contribution in [2.75, 3.05) is 68.9 Å². The van der Waals surface area contributed by atoms with E-state index in [0.29, 0.717) is 32.4 Å². The summed E-state index contributed by atoms with van der Waals surface area (Å²) in [5.74, 6) is 0.150. The van der Waals surface area contributed by atoms with Gasteiger partial charge in [-0.3, -0.25) is 19.7 Å². The Morgan fingerprint density at radius 3 is 2.09 bits per heavy atom. The van der Waals surface area contributed by atoms with E-state index in [1.54, 1.807) is 14.7 Å². The molecule has 0 aromatic heterocycles. The molecular formula is C19H23F3N4O5S. The molecule has 2 aliphatic heterocycles. The number of hydrogen-bond donors (Lipinski definition) is 0. The maximum atomic E-state index is 12.9. The lowest BCUT2D eigenvalue weighted by Crippen LogP contribution is -2.49. The molecule has 2 saturated heterocycles. The maximum Gasteiger partial charge on any atom is 0.416 e. The number of amides is 2. The average molecular weight is 476 g/mol. The van der Waals surface area contributed by atoms with Gasteiger partial charge in [-0.15, -0.1) is 11.8 Å². The standard InChI is InChI=1S/C19H23F3N4O5S/c20-19(21,22)14-1-2-15(16(11-14)26(29)30)23-3-5-24(6-4-23)17(27)12-32-13-18(28)25-7-9-31-10-8-25/h1-2,11H,3-10,12-13H2. The van der Waals surface area contributed by atoms with Gasteiger partial charge in [0.2, 0.25) is 11.8 Å². The number of benzene rings is 1. The summed E-state index contributed by atoms with van der Waals surface area (Å²) in [6.45, 7) is 3.21. The Labute approximate surface area is 186 Å². The molecule has 3 rings (SSSR count). The van der Waals surface area contributed by atoms with Gasteiger partial charge >= 0.3 is 6.18 Å². The minimum atomic E-state index is -4.67. The van der Waals surface area contributed by atoms with Gasteiger partial charge in [-0.05, 0) is 12.1 Å². The van der Waals surface area contributed by atoms with Crippen LogP contribution < -0.4 is 4.90 Å². The second kappa shape index (κ2) is 10.4. The van der Waals surface area contributed by atoms with Gasteiger partial charge in [0.25, 0.3) is 5.69 Å². The molecule has 0 unspecified atom stereocenters. The number of nitro benzene ring substituents is 1. The zero-order valence-electron chi connectivity index (χ0n) is 17.2. The van der Waals surface area contributed by atoms with E-state index in [4.69, 9.17) is 4.74 Å². The number of hydrogen-bond acceptors (Lipinski definition) is 7. The second-order valence-corrected chi connectivity index (χ2v) is 8.30. The highest BCUT2D eigenvalue weighted by molar-refractivity contribution is 8.00. The molecule has 2 fully saturated rings. The fourth-order valence-electron chi connectivity index (χ4n) is 3.53. The van der Waals surface area contributed by atoms with Crippen LogP contribution in [0, 0.1) is 10.1 Å². The predicted octanol–water partition coefficient (Wildman–Crippen LogP) is 1.85. The maximum absolute atomic E-state index is 12.9. The lowest BCUT2D eigenvalue weighted by molar-refractivity contribution is -0.384. The van der Waals surface area contributed by atoms with E-state index in [0.717, 1.165) is 12.1 Å². The number of alkyl halides is 3. The molecule has 0 spiro atoms. The quantitative estimate of drug-likeness (QED) is 0.457. The summed E-state index contributed by atoms with van der Waals surface area (Å²) in [5.41, 5.74) is -1.59. The molecule has 1 aromatic carbocycles. The van der Waals surface area contributed by atoms with Crippen LogP contribution in [0.2, 0.25) is 0 Å². The van der Waals surface area contributed by atoms with E-state index < -0.39 is 22.4 Å². The summed E-state index contributed by atoms with van der Waals surface area (Å²) < 4.78 is 43.9. The highest BCUT2D eigenvalue weighted by atomic mass is 32.2. The molecule has 1 aromatic rings. The number of morpholine rings is 1. The van der Waals surface area contributed by atoms with Gasteiger partial charge in [-0.1, -0.05) is 0 Å². The summed E-state index contributed by atoms with van der Waals surface area (Å²) in [6, 6.07) is 2.46. The lowest BCUT2D eigenvalue weighted by Gasteiger charge is -2.36. The third-order valence-electron chi connectivity index (χ3n) is 5.29. The number of nitrogens with zero attached hydrogens (tertiary/aromatic N) is 4. The number of nitro groups is 1. The van der Waals surface area contributed by atoms with E-state index in [1.165, 1.54) is 11.8 Å². The Bertz CT molecular complexity index is 856. The van der Waals surface area contributed by atoms with E-state index in [2.05, 4.69) is 0 Å². The summed E-state index contributed by atoms with van der Waals surface area (Å²) in [5, 5.41) is 11.3. The first kappa shape index (κ1) is 24.1. The van der Waals surface area contributed by atoms with Gasteiger partial charge in [0.1, 0.15) is 5.69 Å². The average Bonchev–Trinajstić information content (AvgIpc) is 2.78. The van der Waals surface area contributed by atoms with Crippen LogP contribution in [-0.2, 0) is 20.5 Å². The molecule has 13 heteroatoms. The molecule has 0 saturated carbocycles. The van der Waals surface area contributed by atoms with Crippen LogP contribution in [0.5, 0.6) is 0 Å². The smallest absolute Gasteiger partial charge is 0.378 e. The summed E-state index contributed by atoms with van der Waals surface area (Å²) in [4.78, 5) is 39.9. The minimum Gasteiger partial charge on any atom is -0.378 e. The molecule has 2 amide bonds. The molecule has 0 aliphatic carbocycles. The van der Waals surface area contributed by atoms with Gasteiger partial charge in [-0.2, -0.15) is 13.2 Å². The van der Waals surface area contributed by atoms with Crippen molar-refractivity contribution in [2.45, 2.75) is 6.18 Å². The number of halogens is 3. The summed E-state index contributed by atoms with van der Waals surface area (Å²) in [6.07, 6.45) is -4.67. The Kier molecular flexibility index (Phi) is 7.82. The van der Waals surface area contributed by atoms with Crippen molar-refractivity contribution in [3.63, 3.8) is 0 Å². The van der Waals surface area contributed by atoms with Crippen molar-refractivity contribution < 1.29 is 32.4 Å². The van der Waals surface area contributed by atoms with Crippen molar-refractivity contribution >= 4 is 35.0 Å². The Morgan fingerprint density at radius 1 is 1.00 bits per heavy atom. The van der Waals surface area contributed by atoms with Crippen LogP contribution in [0.3, 0.4) is 0 Å². The number of carbonyl (C=O) groups excluding carboxylic acids is 2. The number of carbonyl (C=O) groups is 2. The second-order valence-electron chi connectivity index (χ2n) is 7.31. The van der Waals surface area contributed by atoms with Crippen LogP contribution in [0.4, 0.5) is 24.5 Å². The molecular weight excluding hydrogens is 453 g/mol. The highest BCUT2D eigenvalue weighted by Crippen LogP contribution is 2.36. The molecule has 0 bridgehead atoms. The molecule has 2 heterocycles. The number of piperazine rings is 1. The van der Waals surface area contributed by atoms with Crippen molar-refractivity contribution in [3.8, 4) is 0 Å². The van der Waals surface area contributed by atoms with Gasteiger partial charge in [-0.25, -0.2) is 0 Å². The molecule has 176 valence electrons. The topological polar surface area (TPSA) is 96.2 Å². The van der Waals surface area contributed by atoms with Gasteiger partial charge < -0.3 is 19.4 Å². The molecule has 2 aliphatic rings. The Balaban J connectivity index is 1.50. The SMILES string of the molecule is O=C(CSCC(=O)N1CCN(c2ccc(C(F)(F)F)cc2[N+](=O)[O-])CC1)N1CCOCC1. The van der Waals surface area contributed by atoms with Crippen molar-refractivity contribution in [1.29, 1.82) is 0 Å². The Morgan fingerprint density at radius 2 is 1.56 bits per heavy atom. The molecule has 9 nitrogen and oxygen atoms in total. The van der Waals surface area contributed by atoms with Gasteiger partial charge in [0.05, 0.1) is 35.2 Å². The summed E-state index contributed by atoms with van der Waals surface area (Å²) >= 11 is 1.23. The monoisotopic (exact) mass is 476 g/mol. The molecule has 0 atom stereocenters. The largest absolute Gasteiger partial charge is 0.416 e. The molecule has 0 radical (unpaired) electrons. The lowest BCUT2D eigenvalue weighted by atomic mass is 10.1.